The van der Waals surface area contributed by atoms with Crippen LogP contribution in [0, 0.1) is 0 Å². The summed E-state index contributed by atoms with van der Waals surface area (Å²) in [5.74, 6) is 0.630. The smallest absolute Gasteiger partial charge is 0.265 e. The monoisotopic (exact) mass is 464 g/mol. The van der Waals surface area contributed by atoms with Crippen molar-refractivity contribution in [3.63, 3.8) is 0 Å². The SMILES string of the molecule is CN(C)Cc1cc(/C=C2\Sc3ccccc3N(Cc3nn[nH]n3)C2=O)cc(C(C)(C)C)c1O. The first-order valence-electron chi connectivity index (χ1n) is 10.7. The van der Waals surface area contributed by atoms with Gasteiger partial charge in [-0.1, -0.05) is 49.9 Å². The fourth-order valence-electron chi connectivity index (χ4n) is 3.80. The van der Waals surface area contributed by atoms with Crippen LogP contribution in [-0.4, -0.2) is 50.6 Å². The zero-order valence-electron chi connectivity index (χ0n) is 19.5. The van der Waals surface area contributed by atoms with Gasteiger partial charge < -0.3 is 10.0 Å². The number of fused-ring (bicyclic) bond motifs is 1. The van der Waals surface area contributed by atoms with Crippen LogP contribution in [-0.2, 0) is 23.3 Å². The summed E-state index contributed by atoms with van der Waals surface area (Å²) in [5.41, 5.74) is 3.14. The maximum Gasteiger partial charge on any atom is 0.265 e. The molecule has 172 valence electrons. The van der Waals surface area contributed by atoms with E-state index in [1.807, 2.05) is 61.5 Å². The summed E-state index contributed by atoms with van der Waals surface area (Å²) in [6.07, 6.45) is 1.90. The van der Waals surface area contributed by atoms with Crippen molar-refractivity contribution >= 4 is 29.4 Å². The first-order valence-corrected chi connectivity index (χ1v) is 11.5. The first-order chi connectivity index (χ1) is 15.6. The summed E-state index contributed by atoms with van der Waals surface area (Å²) in [6, 6.07) is 11.7. The minimum atomic E-state index is -0.249. The summed E-state index contributed by atoms with van der Waals surface area (Å²) in [6.45, 7) is 7.03. The molecule has 4 rings (SSSR count). The predicted molar refractivity (Wildman–Crippen MR) is 130 cm³/mol. The van der Waals surface area contributed by atoms with Crippen molar-refractivity contribution < 1.29 is 9.90 Å². The van der Waals surface area contributed by atoms with E-state index in [-0.39, 0.29) is 17.9 Å². The fraction of sp³-hybridized carbons (Fsp3) is 0.333. The lowest BCUT2D eigenvalue weighted by Gasteiger charge is -2.29. The number of carbonyl (C=O) groups is 1. The van der Waals surface area contributed by atoms with Crippen molar-refractivity contribution in [1.29, 1.82) is 0 Å². The number of benzene rings is 2. The average molecular weight is 465 g/mol. The van der Waals surface area contributed by atoms with Gasteiger partial charge in [-0.05, 0) is 55.4 Å². The molecule has 1 aliphatic rings. The number of H-pyrrole nitrogens is 1. The van der Waals surface area contributed by atoms with E-state index in [1.54, 1.807) is 4.90 Å². The number of nitrogens with one attached hydrogen (secondary N) is 1. The third kappa shape index (κ3) is 4.94. The number of rotatable bonds is 5. The molecule has 1 aromatic heterocycles. The third-order valence-electron chi connectivity index (χ3n) is 5.32. The van der Waals surface area contributed by atoms with Gasteiger partial charge in [-0.25, -0.2) is 0 Å². The topological polar surface area (TPSA) is 98.2 Å². The fourth-order valence-corrected chi connectivity index (χ4v) is 4.86. The van der Waals surface area contributed by atoms with E-state index in [2.05, 4.69) is 41.4 Å². The largest absolute Gasteiger partial charge is 0.507 e. The van der Waals surface area contributed by atoms with Crippen LogP contribution in [0.2, 0.25) is 0 Å². The Morgan fingerprint density at radius 2 is 1.97 bits per heavy atom. The number of phenols is 1. The van der Waals surface area contributed by atoms with E-state index < -0.39 is 0 Å². The minimum Gasteiger partial charge on any atom is -0.507 e. The number of aromatic amines is 1. The van der Waals surface area contributed by atoms with Crippen LogP contribution in [0.4, 0.5) is 5.69 Å². The minimum absolute atomic E-state index is 0.122. The Balaban J connectivity index is 1.79. The number of amides is 1. The average Bonchev–Trinajstić information content (AvgIpc) is 3.25. The number of carbonyl (C=O) groups excluding carboxylic acids is 1. The molecule has 0 fully saturated rings. The van der Waals surface area contributed by atoms with Gasteiger partial charge in [0.05, 0.1) is 17.1 Å². The molecule has 0 radical (unpaired) electrons. The number of anilines is 1. The summed E-state index contributed by atoms with van der Waals surface area (Å²) in [5, 5.41) is 25.0. The van der Waals surface area contributed by atoms with Crippen LogP contribution >= 0.6 is 11.8 Å². The summed E-state index contributed by atoms with van der Waals surface area (Å²) < 4.78 is 0. The number of tetrazole rings is 1. The number of aromatic hydroxyl groups is 1. The molecule has 8 nitrogen and oxygen atoms in total. The molecule has 2 N–H and O–H groups in total. The van der Waals surface area contributed by atoms with Crippen LogP contribution in [0.5, 0.6) is 5.75 Å². The molecule has 1 amide bonds. The van der Waals surface area contributed by atoms with Gasteiger partial charge in [-0.3, -0.25) is 9.69 Å². The van der Waals surface area contributed by atoms with E-state index >= 15 is 0 Å². The van der Waals surface area contributed by atoms with Gasteiger partial charge in [0.15, 0.2) is 5.82 Å². The van der Waals surface area contributed by atoms with Crippen LogP contribution in [0.15, 0.2) is 46.2 Å². The molecule has 2 heterocycles. The van der Waals surface area contributed by atoms with Crippen molar-refractivity contribution in [3.05, 3.63) is 63.8 Å². The zero-order chi connectivity index (χ0) is 23.8. The van der Waals surface area contributed by atoms with Gasteiger partial charge in [0.1, 0.15) is 5.75 Å². The molecule has 33 heavy (non-hydrogen) atoms. The maximum absolute atomic E-state index is 13.5. The predicted octanol–water partition coefficient (Wildman–Crippen LogP) is 3.94. The highest BCUT2D eigenvalue weighted by atomic mass is 32.2. The number of thioether (sulfide) groups is 1. The van der Waals surface area contributed by atoms with Gasteiger partial charge in [0, 0.05) is 22.6 Å². The van der Waals surface area contributed by atoms with E-state index in [9.17, 15) is 9.90 Å². The Morgan fingerprint density at radius 3 is 2.64 bits per heavy atom. The number of hydrogen-bond acceptors (Lipinski definition) is 7. The molecular weight excluding hydrogens is 436 g/mol. The molecule has 0 spiro atoms. The normalized spacial score (nSPS) is 15.4. The highest BCUT2D eigenvalue weighted by Gasteiger charge is 2.30. The Bertz CT molecular complexity index is 1200. The first kappa shape index (κ1) is 23.0. The lowest BCUT2D eigenvalue weighted by molar-refractivity contribution is -0.114. The second-order valence-electron chi connectivity index (χ2n) is 9.36. The molecule has 1 aliphatic heterocycles. The van der Waals surface area contributed by atoms with Crippen molar-refractivity contribution in [2.75, 3.05) is 19.0 Å². The Labute approximate surface area is 197 Å². The van der Waals surface area contributed by atoms with Crippen LogP contribution in [0.25, 0.3) is 6.08 Å². The highest BCUT2D eigenvalue weighted by Crippen LogP contribution is 2.43. The van der Waals surface area contributed by atoms with Crippen molar-refractivity contribution in [2.45, 2.75) is 44.2 Å². The Hall–Kier alpha value is -3.17. The molecule has 3 aromatic rings. The Kier molecular flexibility index (Phi) is 6.27. The molecular formula is C24H28N6O2S. The number of para-hydroxylation sites is 1. The molecule has 0 atom stereocenters. The summed E-state index contributed by atoms with van der Waals surface area (Å²) >= 11 is 1.45. The molecule has 9 heteroatoms. The van der Waals surface area contributed by atoms with Gasteiger partial charge in [0.25, 0.3) is 5.91 Å². The van der Waals surface area contributed by atoms with Crippen LogP contribution in [0.3, 0.4) is 0 Å². The van der Waals surface area contributed by atoms with Gasteiger partial charge >= 0.3 is 0 Å². The van der Waals surface area contributed by atoms with Gasteiger partial charge in [0.2, 0.25) is 0 Å². The van der Waals surface area contributed by atoms with Crippen LogP contribution < -0.4 is 4.90 Å². The summed E-state index contributed by atoms with van der Waals surface area (Å²) in [4.78, 5) is 18.8. The number of aromatic nitrogens is 4. The van der Waals surface area contributed by atoms with Crippen LogP contribution in [0.1, 0.15) is 43.3 Å². The highest BCUT2D eigenvalue weighted by molar-refractivity contribution is 8.04. The second-order valence-corrected chi connectivity index (χ2v) is 10.4. The quantitative estimate of drug-likeness (QED) is 0.552. The second kappa shape index (κ2) is 8.99. The molecule has 0 bridgehead atoms. The van der Waals surface area contributed by atoms with Crippen molar-refractivity contribution in [1.82, 2.24) is 25.5 Å². The van der Waals surface area contributed by atoms with E-state index in [4.69, 9.17) is 0 Å². The standard InChI is InChI=1S/C24H28N6O2S/c1-24(2,3)17-11-15(10-16(22(17)31)13-29(4)5)12-20-23(32)30(14-21-25-27-28-26-21)18-8-6-7-9-19(18)33-20/h6-12,31H,13-14H2,1-5H3,(H,25,26,27,28)/b20-12-. The lowest BCUT2D eigenvalue weighted by atomic mass is 9.84. The van der Waals surface area contributed by atoms with Crippen molar-refractivity contribution in [3.8, 4) is 5.75 Å². The summed E-state index contributed by atoms with van der Waals surface area (Å²) in [7, 11) is 3.93. The Morgan fingerprint density at radius 1 is 1.21 bits per heavy atom. The molecule has 0 aliphatic carbocycles. The van der Waals surface area contributed by atoms with Gasteiger partial charge in [-0.15, -0.1) is 10.2 Å². The molecule has 2 aromatic carbocycles. The zero-order valence-corrected chi connectivity index (χ0v) is 20.3. The number of nitrogens with zero attached hydrogens (tertiary/aromatic N) is 5. The number of hydrogen-bond donors (Lipinski definition) is 2. The van der Waals surface area contributed by atoms with E-state index in [0.29, 0.717) is 23.0 Å². The molecule has 0 unspecified atom stereocenters. The van der Waals surface area contributed by atoms with E-state index in [0.717, 1.165) is 27.3 Å². The third-order valence-corrected chi connectivity index (χ3v) is 6.40. The van der Waals surface area contributed by atoms with Crippen molar-refractivity contribution in [2.24, 2.45) is 0 Å². The number of phenolic OH excluding ortho intramolecular Hbond substituents is 1. The van der Waals surface area contributed by atoms with E-state index in [1.165, 1.54) is 11.8 Å². The lowest BCUT2D eigenvalue weighted by Crippen LogP contribution is -2.34. The molecule has 0 saturated carbocycles. The maximum atomic E-state index is 13.5. The molecule has 0 saturated heterocycles. The van der Waals surface area contributed by atoms with Gasteiger partial charge in [-0.2, -0.15) is 5.21 Å².